The van der Waals surface area contributed by atoms with E-state index in [1.165, 1.54) is 12.0 Å². The molecule has 0 bridgehead atoms. The number of carbonyl (C=O) groups excluding carboxylic acids is 5. The summed E-state index contributed by atoms with van der Waals surface area (Å²) in [5, 5.41) is 4.92. The van der Waals surface area contributed by atoms with E-state index in [1.807, 2.05) is 0 Å². The Morgan fingerprint density at radius 2 is 1.69 bits per heavy atom. The molecular weight excluding hydrogens is 466 g/mol. The first-order valence-corrected chi connectivity index (χ1v) is 11.7. The molecule has 12 heteroatoms. The number of carbonyl (C=O) groups is 5. The van der Waals surface area contributed by atoms with Gasteiger partial charge in [-0.3, -0.25) is 19.2 Å². The molecule has 1 saturated carbocycles. The molecule has 35 heavy (non-hydrogen) atoms. The Bertz CT molecular complexity index is 863. The average Bonchev–Trinajstić information content (AvgIpc) is 3.50. The lowest BCUT2D eigenvalue weighted by atomic mass is 9.82. The molecular formula is C23H36F2N4O6. The highest BCUT2D eigenvalue weighted by molar-refractivity contribution is 6.37. The molecule has 1 aliphatic carbocycles. The van der Waals surface area contributed by atoms with Gasteiger partial charge in [-0.2, -0.15) is 0 Å². The zero-order chi connectivity index (χ0) is 26.8. The van der Waals surface area contributed by atoms with E-state index >= 15 is 0 Å². The standard InChI is InChI=1S/C23H36F2N4O6/c1-21(2,3)16(28-20(34)35-5)19(33)29-11-10-23(8-9-23)12-14(29)18(32)27-13(15(30)17(26)31)6-7-22(4,24)25/h13-14,16H,6-12H2,1-5H3,(H2,26,31)(H,27,32)(H,28,34)/t13-,14-,16+/m0/s1. The molecule has 4 N–H and O–H groups in total. The van der Waals surface area contributed by atoms with Crippen LogP contribution in [0.3, 0.4) is 0 Å². The molecule has 2 aliphatic rings. The SMILES string of the molecule is COC(=O)N[C@H](C(=O)N1CCC2(CC2)C[C@H]1C(=O)N[C@@H](CCC(C)(F)F)C(=O)C(N)=O)C(C)(C)C. The van der Waals surface area contributed by atoms with E-state index in [9.17, 15) is 32.8 Å². The summed E-state index contributed by atoms with van der Waals surface area (Å²) in [5.41, 5.74) is 4.23. The number of Topliss-reactive ketones (excluding diaryl/α,β-unsaturated/α-hetero) is 1. The second-order valence-electron chi connectivity index (χ2n) is 10.8. The summed E-state index contributed by atoms with van der Waals surface area (Å²) in [6.07, 6.45) is 0.717. The summed E-state index contributed by atoms with van der Waals surface area (Å²) in [5.74, 6) is -6.88. The van der Waals surface area contributed by atoms with Gasteiger partial charge in [0.05, 0.1) is 13.2 Å². The minimum atomic E-state index is -3.12. The van der Waals surface area contributed by atoms with Crippen LogP contribution in [0.15, 0.2) is 0 Å². The van der Waals surface area contributed by atoms with Crippen molar-refractivity contribution in [3.8, 4) is 0 Å². The predicted molar refractivity (Wildman–Crippen MR) is 121 cm³/mol. The Kier molecular flexibility index (Phi) is 8.49. The highest BCUT2D eigenvalue weighted by Crippen LogP contribution is 2.55. The molecule has 0 aromatic heterocycles. The van der Waals surface area contributed by atoms with Crippen LogP contribution in [0.2, 0.25) is 0 Å². The topological polar surface area (TPSA) is 148 Å². The molecule has 2 fully saturated rings. The predicted octanol–water partition coefficient (Wildman–Crippen LogP) is 1.50. The van der Waals surface area contributed by atoms with Crippen molar-refractivity contribution < 1.29 is 37.5 Å². The fourth-order valence-electron chi connectivity index (χ4n) is 4.36. The first-order chi connectivity index (χ1) is 16.0. The van der Waals surface area contributed by atoms with Crippen molar-refractivity contribution in [2.24, 2.45) is 16.6 Å². The molecule has 4 amide bonds. The Hall–Kier alpha value is -2.79. The molecule has 0 aromatic carbocycles. The zero-order valence-electron chi connectivity index (χ0n) is 20.9. The highest BCUT2D eigenvalue weighted by Gasteiger charge is 2.52. The summed E-state index contributed by atoms with van der Waals surface area (Å²) >= 11 is 0. The maximum Gasteiger partial charge on any atom is 0.407 e. The lowest BCUT2D eigenvalue weighted by Crippen LogP contribution is -2.62. The Morgan fingerprint density at radius 3 is 2.14 bits per heavy atom. The van der Waals surface area contributed by atoms with Crippen LogP contribution in [-0.2, 0) is 23.9 Å². The van der Waals surface area contributed by atoms with Crippen LogP contribution in [0.4, 0.5) is 13.6 Å². The minimum absolute atomic E-state index is 0.106. The Morgan fingerprint density at radius 1 is 1.09 bits per heavy atom. The maximum atomic E-state index is 13.6. The van der Waals surface area contributed by atoms with Crippen LogP contribution in [0.5, 0.6) is 0 Å². The van der Waals surface area contributed by atoms with E-state index < -0.39 is 71.9 Å². The van der Waals surface area contributed by atoms with Crippen LogP contribution in [0, 0.1) is 10.8 Å². The highest BCUT2D eigenvalue weighted by atomic mass is 19.3. The Labute approximate surface area is 203 Å². The third kappa shape index (κ3) is 7.60. The van der Waals surface area contributed by atoms with E-state index in [0.29, 0.717) is 19.8 Å². The van der Waals surface area contributed by atoms with Gasteiger partial charge in [0.2, 0.25) is 23.5 Å². The van der Waals surface area contributed by atoms with Gasteiger partial charge in [-0.25, -0.2) is 13.6 Å². The van der Waals surface area contributed by atoms with Crippen molar-refractivity contribution in [3.63, 3.8) is 0 Å². The molecule has 0 radical (unpaired) electrons. The van der Waals surface area contributed by atoms with Gasteiger partial charge < -0.3 is 26.0 Å². The van der Waals surface area contributed by atoms with Crippen LogP contribution in [0.25, 0.3) is 0 Å². The van der Waals surface area contributed by atoms with E-state index in [0.717, 1.165) is 12.8 Å². The van der Waals surface area contributed by atoms with Crippen molar-refractivity contribution >= 4 is 29.6 Å². The number of ketones is 1. The number of likely N-dealkylation sites (tertiary alicyclic amines) is 1. The monoisotopic (exact) mass is 502 g/mol. The van der Waals surface area contributed by atoms with Gasteiger partial charge in [0.15, 0.2) is 0 Å². The van der Waals surface area contributed by atoms with Gasteiger partial charge in [0.1, 0.15) is 12.1 Å². The molecule has 1 spiro atoms. The summed E-state index contributed by atoms with van der Waals surface area (Å²) < 4.78 is 31.5. The number of amides is 4. The number of rotatable bonds is 9. The first kappa shape index (κ1) is 28.4. The van der Waals surface area contributed by atoms with Crippen LogP contribution >= 0.6 is 0 Å². The Balaban J connectivity index is 2.30. The van der Waals surface area contributed by atoms with E-state index in [-0.39, 0.29) is 12.0 Å². The number of primary amides is 1. The van der Waals surface area contributed by atoms with Crippen molar-refractivity contribution in [2.45, 2.75) is 90.3 Å². The zero-order valence-corrected chi connectivity index (χ0v) is 20.9. The van der Waals surface area contributed by atoms with E-state index in [4.69, 9.17) is 5.73 Å². The van der Waals surface area contributed by atoms with Crippen molar-refractivity contribution in [1.82, 2.24) is 15.5 Å². The van der Waals surface area contributed by atoms with Crippen LogP contribution in [-0.4, -0.2) is 72.2 Å². The summed E-state index contributed by atoms with van der Waals surface area (Å²) in [6.45, 7) is 6.16. The fourth-order valence-corrected chi connectivity index (χ4v) is 4.36. The number of alkyl carbamates (subject to hydrolysis) is 1. The number of hydrogen-bond acceptors (Lipinski definition) is 6. The number of methoxy groups -OCH3 is 1. The van der Waals surface area contributed by atoms with E-state index in [2.05, 4.69) is 15.4 Å². The number of halogens is 2. The molecule has 3 atom stereocenters. The van der Waals surface area contributed by atoms with Gasteiger partial charge in [0, 0.05) is 13.0 Å². The molecule has 10 nitrogen and oxygen atoms in total. The molecule has 198 valence electrons. The fraction of sp³-hybridized carbons (Fsp3) is 0.783. The summed E-state index contributed by atoms with van der Waals surface area (Å²) in [7, 11) is 1.17. The van der Waals surface area contributed by atoms with Gasteiger partial charge in [-0.05, 0) is 49.9 Å². The minimum Gasteiger partial charge on any atom is -0.453 e. The number of nitrogens with zero attached hydrogens (tertiary/aromatic N) is 1. The smallest absolute Gasteiger partial charge is 0.407 e. The van der Waals surface area contributed by atoms with Crippen molar-refractivity contribution in [1.29, 1.82) is 0 Å². The van der Waals surface area contributed by atoms with Crippen LogP contribution < -0.4 is 16.4 Å². The van der Waals surface area contributed by atoms with Crippen LogP contribution in [0.1, 0.15) is 66.2 Å². The molecule has 1 aliphatic heterocycles. The van der Waals surface area contributed by atoms with Crippen molar-refractivity contribution in [2.75, 3.05) is 13.7 Å². The lowest BCUT2D eigenvalue weighted by Gasteiger charge is -2.43. The van der Waals surface area contributed by atoms with Crippen molar-refractivity contribution in [3.05, 3.63) is 0 Å². The van der Waals surface area contributed by atoms with Gasteiger partial charge >= 0.3 is 6.09 Å². The molecule has 2 rings (SSSR count). The summed E-state index contributed by atoms with van der Waals surface area (Å²) in [4.78, 5) is 63.9. The molecule has 0 unspecified atom stereocenters. The lowest BCUT2D eigenvalue weighted by molar-refractivity contribution is -0.148. The van der Waals surface area contributed by atoms with Gasteiger partial charge in [-0.1, -0.05) is 20.8 Å². The molecule has 0 aromatic rings. The number of ether oxygens (including phenoxy) is 1. The number of hydrogen-bond donors (Lipinski definition) is 3. The second kappa shape index (κ2) is 10.4. The first-order valence-electron chi connectivity index (χ1n) is 11.7. The number of nitrogens with one attached hydrogen (secondary N) is 2. The normalized spacial score (nSPS) is 21.0. The number of nitrogens with two attached hydrogens (primary N) is 1. The van der Waals surface area contributed by atoms with Gasteiger partial charge in [-0.15, -0.1) is 0 Å². The molecule has 1 saturated heterocycles. The number of alkyl halides is 2. The summed E-state index contributed by atoms with van der Waals surface area (Å²) in [6, 6.07) is -3.56. The second-order valence-corrected chi connectivity index (χ2v) is 10.8. The third-order valence-corrected chi connectivity index (χ3v) is 6.74. The average molecular weight is 503 g/mol. The van der Waals surface area contributed by atoms with Gasteiger partial charge in [0.25, 0.3) is 5.91 Å². The maximum absolute atomic E-state index is 13.6. The quantitative estimate of drug-likeness (QED) is 0.407. The van der Waals surface area contributed by atoms with E-state index in [1.54, 1.807) is 20.8 Å². The third-order valence-electron chi connectivity index (χ3n) is 6.74. The number of piperidine rings is 1. The largest absolute Gasteiger partial charge is 0.453 e. The molecule has 1 heterocycles.